The Kier molecular flexibility index (Phi) is 5.54. The standard InChI is InChI=1S/C23H31N3O2/c24-20-9-8-19(15-20)22(28)25-13-10-23(11-14-25)16-21(27)26(17-23)12-4-7-18-5-2-1-3-6-18/h1-7,19-20H,8-17,24H2/b7-4+/t19-,20+/m1/s1. The number of piperidine rings is 1. The second-order valence-corrected chi connectivity index (χ2v) is 8.86. The molecular weight excluding hydrogens is 350 g/mol. The summed E-state index contributed by atoms with van der Waals surface area (Å²) in [6, 6.07) is 10.4. The zero-order valence-corrected chi connectivity index (χ0v) is 16.6. The summed E-state index contributed by atoms with van der Waals surface area (Å²) in [5.74, 6) is 0.655. The third kappa shape index (κ3) is 4.14. The molecule has 1 aromatic rings. The molecule has 4 rings (SSSR count). The van der Waals surface area contributed by atoms with Gasteiger partial charge in [-0.15, -0.1) is 0 Å². The molecule has 5 nitrogen and oxygen atoms in total. The van der Waals surface area contributed by atoms with E-state index in [9.17, 15) is 9.59 Å². The molecule has 2 N–H and O–H groups in total. The molecule has 2 heterocycles. The van der Waals surface area contributed by atoms with Gasteiger partial charge in [-0.05, 0) is 37.7 Å². The van der Waals surface area contributed by atoms with Crippen LogP contribution < -0.4 is 5.73 Å². The van der Waals surface area contributed by atoms with E-state index in [2.05, 4.69) is 24.3 Å². The van der Waals surface area contributed by atoms with Crippen LogP contribution in [0.4, 0.5) is 0 Å². The highest BCUT2D eigenvalue weighted by Gasteiger charge is 2.45. The third-order valence-electron chi connectivity index (χ3n) is 6.80. The average Bonchev–Trinajstić information content (AvgIpc) is 3.26. The molecule has 2 amide bonds. The maximum Gasteiger partial charge on any atom is 0.225 e. The van der Waals surface area contributed by atoms with Gasteiger partial charge >= 0.3 is 0 Å². The van der Waals surface area contributed by atoms with Crippen LogP contribution in [-0.4, -0.2) is 53.8 Å². The number of hydrogen-bond acceptors (Lipinski definition) is 3. The minimum atomic E-state index is 0.0561. The van der Waals surface area contributed by atoms with Gasteiger partial charge in [-0.1, -0.05) is 42.5 Å². The molecule has 1 aliphatic carbocycles. The van der Waals surface area contributed by atoms with E-state index in [1.54, 1.807) is 0 Å². The summed E-state index contributed by atoms with van der Waals surface area (Å²) in [5.41, 5.74) is 7.19. The van der Waals surface area contributed by atoms with Crippen LogP contribution in [0.5, 0.6) is 0 Å². The second kappa shape index (κ2) is 8.08. The lowest BCUT2D eigenvalue weighted by Crippen LogP contribution is -2.46. The van der Waals surface area contributed by atoms with Crippen molar-refractivity contribution < 1.29 is 9.59 Å². The third-order valence-corrected chi connectivity index (χ3v) is 6.80. The highest BCUT2D eigenvalue weighted by Crippen LogP contribution is 2.41. The molecule has 0 bridgehead atoms. The van der Waals surface area contributed by atoms with Crippen molar-refractivity contribution in [2.24, 2.45) is 17.1 Å². The molecule has 0 radical (unpaired) electrons. The van der Waals surface area contributed by atoms with E-state index in [1.165, 1.54) is 0 Å². The van der Waals surface area contributed by atoms with E-state index in [0.29, 0.717) is 13.0 Å². The first-order valence-electron chi connectivity index (χ1n) is 10.6. The zero-order valence-electron chi connectivity index (χ0n) is 16.6. The average molecular weight is 382 g/mol. The lowest BCUT2D eigenvalue weighted by atomic mass is 9.77. The predicted molar refractivity (Wildman–Crippen MR) is 110 cm³/mol. The van der Waals surface area contributed by atoms with Crippen LogP contribution in [0.1, 0.15) is 44.1 Å². The number of nitrogens with zero attached hydrogens (tertiary/aromatic N) is 2. The maximum atomic E-state index is 12.7. The van der Waals surface area contributed by atoms with E-state index >= 15 is 0 Å². The lowest BCUT2D eigenvalue weighted by molar-refractivity contribution is -0.137. The van der Waals surface area contributed by atoms with Crippen molar-refractivity contribution in [2.45, 2.75) is 44.6 Å². The highest BCUT2D eigenvalue weighted by atomic mass is 16.2. The van der Waals surface area contributed by atoms with Crippen LogP contribution in [0.15, 0.2) is 36.4 Å². The molecule has 2 saturated heterocycles. The van der Waals surface area contributed by atoms with Gasteiger partial charge in [0.1, 0.15) is 0 Å². The first kappa shape index (κ1) is 19.2. The Hall–Kier alpha value is -2.14. The van der Waals surface area contributed by atoms with Crippen LogP contribution in [0.25, 0.3) is 6.08 Å². The van der Waals surface area contributed by atoms with E-state index in [4.69, 9.17) is 5.73 Å². The normalized spacial score (nSPS) is 27.2. The van der Waals surface area contributed by atoms with Gasteiger partial charge in [-0.25, -0.2) is 0 Å². The highest BCUT2D eigenvalue weighted by molar-refractivity contribution is 5.81. The van der Waals surface area contributed by atoms with Gasteiger partial charge < -0.3 is 15.5 Å². The fourth-order valence-corrected chi connectivity index (χ4v) is 5.06. The first-order chi connectivity index (χ1) is 13.5. The Morgan fingerprint density at radius 2 is 1.93 bits per heavy atom. The summed E-state index contributed by atoms with van der Waals surface area (Å²) in [7, 11) is 0. The Morgan fingerprint density at radius 3 is 2.61 bits per heavy atom. The minimum absolute atomic E-state index is 0.0561. The van der Waals surface area contributed by atoms with Crippen molar-refractivity contribution in [3.05, 3.63) is 42.0 Å². The molecular formula is C23H31N3O2. The van der Waals surface area contributed by atoms with Crippen molar-refractivity contribution in [1.82, 2.24) is 9.80 Å². The van der Waals surface area contributed by atoms with Crippen molar-refractivity contribution in [1.29, 1.82) is 0 Å². The summed E-state index contributed by atoms with van der Waals surface area (Å²) < 4.78 is 0. The Morgan fingerprint density at radius 1 is 1.18 bits per heavy atom. The van der Waals surface area contributed by atoms with Gasteiger partial charge in [0.25, 0.3) is 0 Å². The van der Waals surface area contributed by atoms with Gasteiger partial charge in [0.15, 0.2) is 0 Å². The second-order valence-electron chi connectivity index (χ2n) is 8.86. The van der Waals surface area contributed by atoms with Gasteiger partial charge in [0.2, 0.25) is 11.8 Å². The first-order valence-corrected chi connectivity index (χ1v) is 10.6. The van der Waals surface area contributed by atoms with E-state index < -0.39 is 0 Å². The summed E-state index contributed by atoms with van der Waals surface area (Å²) in [5, 5.41) is 0. The summed E-state index contributed by atoms with van der Waals surface area (Å²) in [4.78, 5) is 29.3. The number of hydrogen-bond donors (Lipinski definition) is 1. The lowest BCUT2D eigenvalue weighted by Gasteiger charge is -2.39. The molecule has 0 aromatic heterocycles. The quantitative estimate of drug-likeness (QED) is 0.872. The van der Waals surface area contributed by atoms with Crippen molar-refractivity contribution >= 4 is 17.9 Å². The molecule has 1 spiro atoms. The molecule has 2 atom stereocenters. The number of rotatable bonds is 4. The van der Waals surface area contributed by atoms with Gasteiger partial charge in [0.05, 0.1) is 0 Å². The Bertz CT molecular complexity index is 737. The van der Waals surface area contributed by atoms with Gasteiger partial charge in [-0.2, -0.15) is 0 Å². The van der Waals surface area contributed by atoms with Gasteiger partial charge in [0, 0.05) is 50.0 Å². The maximum absolute atomic E-state index is 12.7. The topological polar surface area (TPSA) is 66.6 Å². The minimum Gasteiger partial charge on any atom is -0.342 e. The molecule has 28 heavy (non-hydrogen) atoms. The molecule has 2 aliphatic heterocycles. The largest absolute Gasteiger partial charge is 0.342 e. The SMILES string of the molecule is N[C@H]1CC[C@@H](C(=O)N2CCC3(CC2)CC(=O)N(C/C=C/c2ccccc2)C3)C1. The van der Waals surface area contributed by atoms with Gasteiger partial charge in [-0.3, -0.25) is 9.59 Å². The molecule has 3 aliphatic rings. The number of benzene rings is 1. The number of likely N-dealkylation sites (tertiary alicyclic amines) is 2. The molecule has 150 valence electrons. The fraction of sp³-hybridized carbons (Fsp3) is 0.565. The number of amides is 2. The molecule has 3 fully saturated rings. The Balaban J connectivity index is 1.29. The fourth-order valence-electron chi connectivity index (χ4n) is 5.06. The molecule has 5 heteroatoms. The monoisotopic (exact) mass is 381 g/mol. The van der Waals surface area contributed by atoms with Crippen LogP contribution in [0.2, 0.25) is 0 Å². The summed E-state index contributed by atoms with van der Waals surface area (Å²) >= 11 is 0. The molecule has 1 saturated carbocycles. The van der Waals surface area contributed by atoms with Crippen LogP contribution in [0, 0.1) is 11.3 Å². The molecule has 0 unspecified atom stereocenters. The van der Waals surface area contributed by atoms with E-state index in [-0.39, 0.29) is 29.2 Å². The number of carbonyl (C=O) groups excluding carboxylic acids is 2. The number of nitrogens with two attached hydrogens (primary N) is 1. The summed E-state index contributed by atoms with van der Waals surface area (Å²) in [6.45, 7) is 3.05. The smallest absolute Gasteiger partial charge is 0.225 e. The number of carbonyl (C=O) groups is 2. The van der Waals surface area contributed by atoms with Crippen LogP contribution in [-0.2, 0) is 9.59 Å². The van der Waals surface area contributed by atoms with Crippen LogP contribution in [0.3, 0.4) is 0 Å². The van der Waals surface area contributed by atoms with E-state index in [1.807, 2.05) is 28.0 Å². The predicted octanol–water partition coefficient (Wildman–Crippen LogP) is 2.67. The van der Waals surface area contributed by atoms with Crippen molar-refractivity contribution in [2.75, 3.05) is 26.2 Å². The van der Waals surface area contributed by atoms with E-state index in [0.717, 1.165) is 57.3 Å². The summed E-state index contributed by atoms with van der Waals surface area (Å²) in [6.07, 6.45) is 9.38. The van der Waals surface area contributed by atoms with Crippen molar-refractivity contribution in [3.8, 4) is 0 Å². The zero-order chi connectivity index (χ0) is 19.6. The van der Waals surface area contributed by atoms with Crippen molar-refractivity contribution in [3.63, 3.8) is 0 Å². The molecule has 1 aromatic carbocycles. The Labute approximate surface area is 167 Å². The van der Waals surface area contributed by atoms with Crippen LogP contribution >= 0.6 is 0 Å².